The lowest BCUT2D eigenvalue weighted by Crippen LogP contribution is -2.36. The van der Waals surface area contributed by atoms with E-state index in [0.717, 1.165) is 30.2 Å². The minimum atomic E-state index is -0.691. The van der Waals surface area contributed by atoms with Gasteiger partial charge in [-0.15, -0.1) is 0 Å². The van der Waals surface area contributed by atoms with E-state index < -0.39 is 5.97 Å². The molecule has 1 N–H and O–H groups in total. The largest absolute Gasteiger partial charge is 0.481 e. The predicted octanol–water partition coefficient (Wildman–Crippen LogP) is 3.06. The molecule has 2 heterocycles. The Labute approximate surface area is 136 Å². The van der Waals surface area contributed by atoms with Crippen LogP contribution in [0.25, 0.3) is 11.3 Å². The molecule has 1 aliphatic heterocycles. The van der Waals surface area contributed by atoms with Crippen molar-refractivity contribution in [2.75, 3.05) is 18.0 Å². The SMILES string of the molecule is Cc1cc(C)cc(-c2cc(N3CCC(C(=O)O)CC3)ncn2)c1. The van der Waals surface area contributed by atoms with Crippen LogP contribution < -0.4 is 4.90 Å². The highest BCUT2D eigenvalue weighted by atomic mass is 16.4. The topological polar surface area (TPSA) is 66.3 Å². The summed E-state index contributed by atoms with van der Waals surface area (Å²) >= 11 is 0. The Bertz CT molecular complexity index is 702. The maximum atomic E-state index is 11.1. The number of aryl methyl sites for hydroxylation is 2. The number of piperidine rings is 1. The molecular formula is C18H21N3O2. The second-order valence-electron chi connectivity index (χ2n) is 6.24. The molecule has 0 bridgehead atoms. The number of nitrogens with zero attached hydrogens (tertiary/aromatic N) is 3. The fourth-order valence-electron chi connectivity index (χ4n) is 3.16. The maximum Gasteiger partial charge on any atom is 0.306 e. The quantitative estimate of drug-likeness (QED) is 0.943. The molecule has 5 heteroatoms. The zero-order valence-electron chi connectivity index (χ0n) is 13.5. The number of benzene rings is 1. The minimum Gasteiger partial charge on any atom is -0.481 e. The van der Waals surface area contributed by atoms with Gasteiger partial charge in [-0.3, -0.25) is 4.79 Å². The van der Waals surface area contributed by atoms with Gasteiger partial charge in [0.15, 0.2) is 0 Å². The molecule has 3 rings (SSSR count). The van der Waals surface area contributed by atoms with Crippen LogP contribution in [-0.2, 0) is 4.79 Å². The van der Waals surface area contributed by atoms with Crippen molar-refractivity contribution in [3.63, 3.8) is 0 Å². The third-order valence-corrected chi connectivity index (χ3v) is 4.34. The summed E-state index contributed by atoms with van der Waals surface area (Å²) in [6.07, 6.45) is 2.92. The standard InChI is InChI=1S/C18H21N3O2/c1-12-7-13(2)9-15(8-12)16-10-17(20-11-19-16)21-5-3-14(4-6-21)18(22)23/h7-11,14H,3-6H2,1-2H3,(H,22,23). The number of rotatable bonds is 3. The Morgan fingerprint density at radius 2 is 1.74 bits per heavy atom. The molecule has 1 aliphatic rings. The molecule has 5 nitrogen and oxygen atoms in total. The van der Waals surface area contributed by atoms with Gasteiger partial charge in [0, 0.05) is 24.7 Å². The third kappa shape index (κ3) is 3.50. The van der Waals surface area contributed by atoms with Crippen LogP contribution in [0.4, 0.5) is 5.82 Å². The lowest BCUT2D eigenvalue weighted by molar-refractivity contribution is -0.142. The van der Waals surface area contributed by atoms with Gasteiger partial charge in [0.1, 0.15) is 12.1 Å². The van der Waals surface area contributed by atoms with Crippen molar-refractivity contribution < 1.29 is 9.90 Å². The summed E-state index contributed by atoms with van der Waals surface area (Å²) in [7, 11) is 0. The summed E-state index contributed by atoms with van der Waals surface area (Å²) in [6, 6.07) is 8.38. The summed E-state index contributed by atoms with van der Waals surface area (Å²) in [5, 5.41) is 9.10. The highest BCUT2D eigenvalue weighted by Gasteiger charge is 2.25. The Morgan fingerprint density at radius 1 is 1.09 bits per heavy atom. The first-order chi connectivity index (χ1) is 11.0. The van der Waals surface area contributed by atoms with Gasteiger partial charge < -0.3 is 10.0 Å². The first-order valence-corrected chi connectivity index (χ1v) is 7.91. The summed E-state index contributed by atoms with van der Waals surface area (Å²) in [4.78, 5) is 22.0. The smallest absolute Gasteiger partial charge is 0.306 e. The number of aromatic nitrogens is 2. The van der Waals surface area contributed by atoms with E-state index in [9.17, 15) is 4.79 Å². The molecule has 0 aliphatic carbocycles. The van der Waals surface area contributed by atoms with E-state index in [1.54, 1.807) is 6.33 Å². The molecule has 0 atom stereocenters. The Hall–Kier alpha value is -2.43. The first kappa shape index (κ1) is 15.5. The second kappa shape index (κ2) is 6.36. The van der Waals surface area contributed by atoms with Crippen LogP contribution in [-0.4, -0.2) is 34.1 Å². The zero-order chi connectivity index (χ0) is 16.4. The van der Waals surface area contributed by atoms with Crippen LogP contribution in [0.1, 0.15) is 24.0 Å². The average molecular weight is 311 g/mol. The number of carbonyl (C=O) groups is 1. The van der Waals surface area contributed by atoms with Gasteiger partial charge in [-0.1, -0.05) is 17.2 Å². The zero-order valence-corrected chi connectivity index (χ0v) is 13.5. The van der Waals surface area contributed by atoms with Crippen molar-refractivity contribution in [3.05, 3.63) is 41.7 Å². The molecule has 120 valence electrons. The Morgan fingerprint density at radius 3 is 2.35 bits per heavy atom. The summed E-state index contributed by atoms with van der Waals surface area (Å²) in [5.74, 6) is -0.0479. The first-order valence-electron chi connectivity index (χ1n) is 7.91. The van der Waals surface area contributed by atoms with Crippen LogP contribution in [0.2, 0.25) is 0 Å². The van der Waals surface area contributed by atoms with Gasteiger partial charge in [-0.25, -0.2) is 9.97 Å². The van der Waals surface area contributed by atoms with Crippen molar-refractivity contribution in [1.82, 2.24) is 9.97 Å². The van der Waals surface area contributed by atoms with Crippen LogP contribution in [0.15, 0.2) is 30.6 Å². The van der Waals surface area contributed by atoms with E-state index in [2.05, 4.69) is 46.9 Å². The van der Waals surface area contributed by atoms with Crippen molar-refractivity contribution in [2.45, 2.75) is 26.7 Å². The highest BCUT2D eigenvalue weighted by Crippen LogP contribution is 2.26. The lowest BCUT2D eigenvalue weighted by Gasteiger charge is -2.31. The fraction of sp³-hybridized carbons (Fsp3) is 0.389. The molecule has 1 saturated heterocycles. The monoisotopic (exact) mass is 311 g/mol. The lowest BCUT2D eigenvalue weighted by atomic mass is 9.97. The van der Waals surface area contributed by atoms with Gasteiger partial charge in [0.25, 0.3) is 0 Å². The molecule has 0 spiro atoms. The van der Waals surface area contributed by atoms with E-state index in [4.69, 9.17) is 5.11 Å². The summed E-state index contributed by atoms with van der Waals surface area (Å²) < 4.78 is 0. The predicted molar refractivity (Wildman–Crippen MR) is 89.5 cm³/mol. The van der Waals surface area contributed by atoms with E-state index in [1.807, 2.05) is 6.07 Å². The molecular weight excluding hydrogens is 290 g/mol. The van der Waals surface area contributed by atoms with Crippen molar-refractivity contribution in [2.24, 2.45) is 5.92 Å². The molecule has 0 amide bonds. The van der Waals surface area contributed by atoms with Gasteiger partial charge in [-0.2, -0.15) is 0 Å². The fourth-order valence-corrected chi connectivity index (χ4v) is 3.16. The van der Waals surface area contributed by atoms with E-state index in [1.165, 1.54) is 11.1 Å². The van der Waals surface area contributed by atoms with Crippen LogP contribution in [0.5, 0.6) is 0 Å². The number of hydrogen-bond donors (Lipinski definition) is 1. The number of carboxylic acid groups (broad SMARTS) is 1. The third-order valence-electron chi connectivity index (χ3n) is 4.34. The van der Waals surface area contributed by atoms with Gasteiger partial charge in [0.05, 0.1) is 11.6 Å². The normalized spacial score (nSPS) is 15.7. The van der Waals surface area contributed by atoms with Gasteiger partial charge in [0.2, 0.25) is 0 Å². The number of carboxylic acids is 1. The molecule has 0 radical (unpaired) electrons. The van der Waals surface area contributed by atoms with Crippen LogP contribution in [0, 0.1) is 19.8 Å². The van der Waals surface area contributed by atoms with E-state index >= 15 is 0 Å². The van der Waals surface area contributed by atoms with E-state index in [0.29, 0.717) is 12.8 Å². The molecule has 1 aromatic carbocycles. The average Bonchev–Trinajstić information content (AvgIpc) is 2.54. The Balaban J connectivity index is 1.82. The minimum absolute atomic E-state index is 0.230. The van der Waals surface area contributed by atoms with Gasteiger partial charge in [-0.05, 0) is 38.8 Å². The highest BCUT2D eigenvalue weighted by molar-refractivity contribution is 5.70. The molecule has 2 aromatic rings. The van der Waals surface area contributed by atoms with Crippen molar-refractivity contribution in [1.29, 1.82) is 0 Å². The number of hydrogen-bond acceptors (Lipinski definition) is 4. The maximum absolute atomic E-state index is 11.1. The van der Waals surface area contributed by atoms with Gasteiger partial charge >= 0.3 is 5.97 Å². The Kier molecular flexibility index (Phi) is 4.28. The van der Waals surface area contributed by atoms with E-state index in [-0.39, 0.29) is 5.92 Å². The summed E-state index contributed by atoms with van der Waals surface area (Å²) in [6.45, 7) is 5.60. The van der Waals surface area contributed by atoms with Crippen molar-refractivity contribution in [3.8, 4) is 11.3 Å². The number of anilines is 1. The van der Waals surface area contributed by atoms with Crippen LogP contribution >= 0.6 is 0 Å². The molecule has 1 aromatic heterocycles. The number of aliphatic carboxylic acids is 1. The molecule has 23 heavy (non-hydrogen) atoms. The second-order valence-corrected chi connectivity index (χ2v) is 6.24. The molecule has 0 unspecified atom stereocenters. The molecule has 0 saturated carbocycles. The van der Waals surface area contributed by atoms with Crippen molar-refractivity contribution >= 4 is 11.8 Å². The molecule has 1 fully saturated rings. The van der Waals surface area contributed by atoms with Crippen LogP contribution in [0.3, 0.4) is 0 Å². The summed E-state index contributed by atoms with van der Waals surface area (Å²) in [5.41, 5.74) is 4.42.